The minimum atomic E-state index is 0.161. The molecule has 0 bridgehead atoms. The van der Waals surface area contributed by atoms with E-state index in [1.807, 2.05) is 42.5 Å². The van der Waals surface area contributed by atoms with Crippen LogP contribution in [0.25, 0.3) is 0 Å². The van der Waals surface area contributed by atoms with Crippen LogP contribution in [0.2, 0.25) is 5.02 Å². The first-order valence-electron chi connectivity index (χ1n) is 8.14. The number of rotatable bonds is 3. The molecule has 0 saturated carbocycles. The normalized spacial score (nSPS) is 16.8. The molecular formula is C21H16BrClN2. The van der Waals surface area contributed by atoms with Gasteiger partial charge in [0.2, 0.25) is 0 Å². The van der Waals surface area contributed by atoms with Crippen molar-refractivity contribution in [1.82, 2.24) is 0 Å². The van der Waals surface area contributed by atoms with E-state index >= 15 is 0 Å². The van der Waals surface area contributed by atoms with Crippen LogP contribution in [0, 0.1) is 0 Å². The van der Waals surface area contributed by atoms with Crippen LogP contribution in [0.5, 0.6) is 0 Å². The van der Waals surface area contributed by atoms with Gasteiger partial charge in [0.25, 0.3) is 0 Å². The van der Waals surface area contributed by atoms with Crippen LogP contribution in [0.4, 0.5) is 5.69 Å². The SMILES string of the molecule is Clc1ccc(C2CC(c3cccc(Br)c3)=NN2c2ccccc2)cc1. The minimum Gasteiger partial charge on any atom is -0.257 e. The summed E-state index contributed by atoms with van der Waals surface area (Å²) in [5, 5.41) is 7.81. The van der Waals surface area contributed by atoms with Gasteiger partial charge < -0.3 is 0 Å². The van der Waals surface area contributed by atoms with Crippen molar-refractivity contribution in [2.75, 3.05) is 5.01 Å². The maximum Gasteiger partial charge on any atom is 0.0831 e. The molecule has 0 aromatic heterocycles. The predicted octanol–water partition coefficient (Wildman–Crippen LogP) is 6.46. The highest BCUT2D eigenvalue weighted by molar-refractivity contribution is 9.10. The van der Waals surface area contributed by atoms with Crippen molar-refractivity contribution in [3.8, 4) is 0 Å². The van der Waals surface area contributed by atoms with Gasteiger partial charge in [-0.3, -0.25) is 5.01 Å². The van der Waals surface area contributed by atoms with Gasteiger partial charge in [-0.25, -0.2) is 0 Å². The van der Waals surface area contributed by atoms with Crippen LogP contribution in [-0.4, -0.2) is 5.71 Å². The lowest BCUT2D eigenvalue weighted by Gasteiger charge is -2.24. The number of para-hydroxylation sites is 1. The van der Waals surface area contributed by atoms with E-state index in [2.05, 4.69) is 57.3 Å². The molecule has 0 N–H and O–H groups in total. The van der Waals surface area contributed by atoms with E-state index < -0.39 is 0 Å². The summed E-state index contributed by atoms with van der Waals surface area (Å²) in [6.07, 6.45) is 0.854. The van der Waals surface area contributed by atoms with Crippen molar-refractivity contribution < 1.29 is 0 Å². The topological polar surface area (TPSA) is 15.6 Å². The number of nitrogens with zero attached hydrogens (tertiary/aromatic N) is 2. The zero-order valence-electron chi connectivity index (χ0n) is 13.4. The molecule has 0 saturated heterocycles. The van der Waals surface area contributed by atoms with E-state index in [0.717, 1.165) is 32.9 Å². The van der Waals surface area contributed by atoms with Gasteiger partial charge in [-0.05, 0) is 47.5 Å². The number of hydrogen-bond acceptors (Lipinski definition) is 2. The maximum absolute atomic E-state index is 6.07. The van der Waals surface area contributed by atoms with Gasteiger partial charge in [0.05, 0.1) is 17.4 Å². The summed E-state index contributed by atoms with van der Waals surface area (Å²) in [6.45, 7) is 0. The Hall–Kier alpha value is -2.10. The van der Waals surface area contributed by atoms with E-state index in [9.17, 15) is 0 Å². The van der Waals surface area contributed by atoms with Crippen molar-refractivity contribution >= 4 is 38.9 Å². The molecule has 1 atom stereocenters. The van der Waals surface area contributed by atoms with Gasteiger partial charge in [0, 0.05) is 15.9 Å². The largest absolute Gasteiger partial charge is 0.257 e. The number of anilines is 1. The number of hydrogen-bond donors (Lipinski definition) is 0. The lowest BCUT2D eigenvalue weighted by atomic mass is 9.98. The molecule has 1 heterocycles. The molecule has 1 unspecified atom stereocenters. The van der Waals surface area contributed by atoms with Gasteiger partial charge in [-0.15, -0.1) is 0 Å². The summed E-state index contributed by atoms with van der Waals surface area (Å²) in [4.78, 5) is 0. The van der Waals surface area contributed by atoms with Crippen molar-refractivity contribution in [2.45, 2.75) is 12.5 Å². The van der Waals surface area contributed by atoms with Crippen LogP contribution in [0.1, 0.15) is 23.6 Å². The monoisotopic (exact) mass is 410 g/mol. The fourth-order valence-electron chi connectivity index (χ4n) is 3.12. The summed E-state index contributed by atoms with van der Waals surface area (Å²) in [5.41, 5.74) is 4.53. The summed E-state index contributed by atoms with van der Waals surface area (Å²) in [7, 11) is 0. The molecule has 0 fully saturated rings. The molecule has 1 aliphatic rings. The molecule has 0 aliphatic carbocycles. The summed E-state index contributed by atoms with van der Waals surface area (Å²) < 4.78 is 1.06. The lowest BCUT2D eigenvalue weighted by molar-refractivity contribution is 0.709. The highest BCUT2D eigenvalue weighted by Gasteiger charge is 2.29. The first kappa shape index (κ1) is 16.4. The first-order valence-corrected chi connectivity index (χ1v) is 9.31. The molecule has 3 aromatic rings. The molecule has 2 nitrogen and oxygen atoms in total. The van der Waals surface area contributed by atoms with Crippen LogP contribution < -0.4 is 5.01 Å². The molecule has 3 aromatic carbocycles. The van der Waals surface area contributed by atoms with Crippen LogP contribution in [0.3, 0.4) is 0 Å². The van der Waals surface area contributed by atoms with Gasteiger partial charge in [0.1, 0.15) is 0 Å². The molecule has 4 heteroatoms. The van der Waals surface area contributed by atoms with E-state index in [-0.39, 0.29) is 6.04 Å². The van der Waals surface area contributed by atoms with Gasteiger partial charge in [0.15, 0.2) is 0 Å². The predicted molar refractivity (Wildman–Crippen MR) is 108 cm³/mol. The Morgan fingerprint density at radius 1 is 0.920 bits per heavy atom. The van der Waals surface area contributed by atoms with Crippen molar-refractivity contribution in [3.05, 3.63) is 99.5 Å². The summed E-state index contributed by atoms with van der Waals surface area (Å²) >= 11 is 9.62. The zero-order chi connectivity index (χ0) is 17.2. The summed E-state index contributed by atoms with van der Waals surface area (Å²) in [5.74, 6) is 0. The Balaban J connectivity index is 1.75. The molecular weight excluding hydrogens is 396 g/mol. The first-order chi connectivity index (χ1) is 12.2. The van der Waals surface area contributed by atoms with E-state index in [1.165, 1.54) is 5.56 Å². The Kier molecular flexibility index (Phi) is 4.60. The Bertz CT molecular complexity index is 907. The standard InChI is InChI=1S/C21H16BrClN2/c22-17-6-4-5-16(13-17)20-14-21(15-9-11-18(23)12-10-15)25(24-20)19-7-2-1-3-8-19/h1-13,21H,14H2. The highest BCUT2D eigenvalue weighted by Crippen LogP contribution is 2.37. The van der Waals surface area contributed by atoms with Gasteiger partial charge in [-0.2, -0.15) is 5.10 Å². The second-order valence-corrected chi connectivity index (χ2v) is 7.36. The number of benzene rings is 3. The van der Waals surface area contributed by atoms with Crippen molar-refractivity contribution in [1.29, 1.82) is 0 Å². The Morgan fingerprint density at radius 3 is 2.40 bits per heavy atom. The van der Waals surface area contributed by atoms with E-state index in [4.69, 9.17) is 16.7 Å². The van der Waals surface area contributed by atoms with Crippen LogP contribution in [0.15, 0.2) is 88.4 Å². The number of halogens is 2. The maximum atomic E-state index is 6.07. The molecule has 25 heavy (non-hydrogen) atoms. The van der Waals surface area contributed by atoms with Crippen LogP contribution >= 0.6 is 27.5 Å². The quantitative estimate of drug-likeness (QED) is 0.483. The average molecular weight is 412 g/mol. The van der Waals surface area contributed by atoms with Crippen molar-refractivity contribution in [2.24, 2.45) is 5.10 Å². The fourth-order valence-corrected chi connectivity index (χ4v) is 3.64. The molecule has 0 spiro atoms. The minimum absolute atomic E-state index is 0.161. The third kappa shape index (κ3) is 3.48. The van der Waals surface area contributed by atoms with E-state index in [0.29, 0.717) is 0 Å². The smallest absolute Gasteiger partial charge is 0.0831 e. The highest BCUT2D eigenvalue weighted by atomic mass is 79.9. The van der Waals surface area contributed by atoms with Gasteiger partial charge in [-0.1, -0.05) is 70.0 Å². The Labute approximate surface area is 160 Å². The molecule has 124 valence electrons. The zero-order valence-corrected chi connectivity index (χ0v) is 15.8. The lowest BCUT2D eigenvalue weighted by Crippen LogP contribution is -2.18. The molecule has 1 aliphatic heterocycles. The molecule has 4 rings (SSSR count). The van der Waals surface area contributed by atoms with Crippen LogP contribution in [-0.2, 0) is 0 Å². The molecule has 0 amide bonds. The fraction of sp³-hybridized carbons (Fsp3) is 0.0952. The average Bonchev–Trinajstić information content (AvgIpc) is 3.08. The third-order valence-corrected chi connectivity index (χ3v) is 5.09. The van der Waals surface area contributed by atoms with E-state index in [1.54, 1.807) is 0 Å². The number of hydrazone groups is 1. The molecule has 0 radical (unpaired) electrons. The Morgan fingerprint density at radius 2 is 1.68 bits per heavy atom. The van der Waals surface area contributed by atoms with Crippen molar-refractivity contribution in [3.63, 3.8) is 0 Å². The van der Waals surface area contributed by atoms with Gasteiger partial charge >= 0.3 is 0 Å². The second-order valence-electron chi connectivity index (χ2n) is 6.01. The summed E-state index contributed by atoms with van der Waals surface area (Å²) in [6, 6.07) is 26.8. The second kappa shape index (κ2) is 7.03. The third-order valence-electron chi connectivity index (χ3n) is 4.34.